The molecular formula is C8H3Cl3F3N. The Hall–Kier alpha value is -0.450. The summed E-state index contributed by atoms with van der Waals surface area (Å²) in [5.41, 5.74) is -1.09. The van der Waals surface area contributed by atoms with E-state index in [0.717, 1.165) is 6.07 Å². The molecular weight excluding hydrogens is 273 g/mol. The summed E-state index contributed by atoms with van der Waals surface area (Å²) in [7, 11) is 0. The van der Waals surface area contributed by atoms with Gasteiger partial charge in [0, 0.05) is 0 Å². The second-order valence-electron chi connectivity index (χ2n) is 2.49. The molecule has 15 heavy (non-hydrogen) atoms. The monoisotopic (exact) mass is 275 g/mol. The maximum Gasteiger partial charge on any atom is 0.417 e. The van der Waals surface area contributed by atoms with Gasteiger partial charge in [0.1, 0.15) is 0 Å². The largest absolute Gasteiger partial charge is 0.417 e. The van der Waals surface area contributed by atoms with Crippen molar-refractivity contribution in [3.8, 4) is 0 Å². The van der Waals surface area contributed by atoms with Gasteiger partial charge in [-0.05, 0) is 35.3 Å². The number of nitrogens with zero attached hydrogens (tertiary/aromatic N) is 1. The topological polar surface area (TPSA) is 12.4 Å². The zero-order valence-electron chi connectivity index (χ0n) is 6.95. The molecule has 1 rings (SSSR count). The molecule has 0 N–H and O–H groups in total. The van der Waals surface area contributed by atoms with Crippen LogP contribution in [-0.4, -0.2) is 4.63 Å². The molecule has 0 heterocycles. The standard InChI is InChI=1S/C8H3Cl3F3N/c9-6-4(8(12,13)14)2-1-3-5(6)15-7(10)11/h1-3H. The minimum Gasteiger partial charge on any atom is -0.224 e. The number of hydrogen-bond donors (Lipinski definition) is 0. The number of halogens is 6. The molecule has 0 unspecified atom stereocenters. The third-order valence-corrected chi connectivity index (χ3v) is 2.05. The summed E-state index contributed by atoms with van der Waals surface area (Å²) in [5, 5.41) is -0.524. The molecule has 0 aliphatic heterocycles. The van der Waals surface area contributed by atoms with E-state index >= 15 is 0 Å². The molecule has 1 aromatic rings. The maximum atomic E-state index is 12.4. The number of rotatable bonds is 1. The van der Waals surface area contributed by atoms with Crippen LogP contribution in [0.5, 0.6) is 0 Å². The van der Waals surface area contributed by atoms with E-state index in [9.17, 15) is 13.2 Å². The molecule has 1 nitrogen and oxygen atoms in total. The van der Waals surface area contributed by atoms with Gasteiger partial charge in [0.15, 0.2) is 4.63 Å². The van der Waals surface area contributed by atoms with E-state index in [4.69, 9.17) is 34.8 Å². The molecule has 0 spiro atoms. The zero-order chi connectivity index (χ0) is 11.6. The molecule has 1 aromatic carbocycles. The molecule has 0 fully saturated rings. The van der Waals surface area contributed by atoms with Gasteiger partial charge >= 0.3 is 6.18 Å². The van der Waals surface area contributed by atoms with Gasteiger partial charge in [0.05, 0.1) is 16.3 Å². The van der Waals surface area contributed by atoms with Crippen molar-refractivity contribution in [1.82, 2.24) is 0 Å². The molecule has 82 valence electrons. The highest BCUT2D eigenvalue weighted by Crippen LogP contribution is 2.39. The molecule has 0 saturated carbocycles. The predicted octanol–water partition coefficient (Wildman–Crippen LogP) is 4.82. The Morgan fingerprint density at radius 2 is 1.80 bits per heavy atom. The average Bonchev–Trinajstić information content (AvgIpc) is 2.05. The van der Waals surface area contributed by atoms with E-state index in [1.54, 1.807) is 0 Å². The van der Waals surface area contributed by atoms with Crippen LogP contribution in [-0.2, 0) is 6.18 Å². The summed E-state index contributed by atoms with van der Waals surface area (Å²) >= 11 is 15.9. The highest BCUT2D eigenvalue weighted by atomic mass is 35.5. The van der Waals surface area contributed by atoms with E-state index in [1.165, 1.54) is 12.1 Å². The van der Waals surface area contributed by atoms with Crippen LogP contribution in [0.2, 0.25) is 5.02 Å². The van der Waals surface area contributed by atoms with Crippen LogP contribution < -0.4 is 0 Å². The lowest BCUT2D eigenvalue weighted by Gasteiger charge is -2.09. The Labute approximate surface area is 98.5 Å². The smallest absolute Gasteiger partial charge is 0.224 e. The Morgan fingerprint density at radius 1 is 1.20 bits per heavy atom. The van der Waals surface area contributed by atoms with Gasteiger partial charge in [-0.3, -0.25) is 0 Å². The van der Waals surface area contributed by atoms with Crippen molar-refractivity contribution in [3.63, 3.8) is 0 Å². The summed E-state index contributed by atoms with van der Waals surface area (Å²) in [6, 6.07) is 3.30. The minimum atomic E-state index is -4.53. The molecule has 0 aliphatic rings. The Kier molecular flexibility index (Phi) is 3.87. The Morgan fingerprint density at radius 3 is 2.27 bits per heavy atom. The molecule has 0 saturated heterocycles. The fraction of sp³-hybridized carbons (Fsp3) is 0.125. The second-order valence-corrected chi connectivity index (χ2v) is 3.78. The number of aliphatic imine (C=N–C) groups is 1. The SMILES string of the molecule is FC(F)(F)c1cccc(N=C(Cl)Cl)c1Cl. The lowest BCUT2D eigenvalue weighted by Crippen LogP contribution is -2.05. The number of benzene rings is 1. The first-order valence-electron chi connectivity index (χ1n) is 3.58. The Bertz CT molecular complexity index is 397. The van der Waals surface area contributed by atoms with Crippen LogP contribution in [0.4, 0.5) is 18.9 Å². The zero-order valence-corrected chi connectivity index (χ0v) is 9.21. The molecule has 0 bridgehead atoms. The quantitative estimate of drug-likeness (QED) is 0.652. The maximum absolute atomic E-state index is 12.4. The van der Waals surface area contributed by atoms with Gasteiger partial charge in [-0.25, -0.2) is 4.99 Å². The predicted molar refractivity (Wildman–Crippen MR) is 55.3 cm³/mol. The van der Waals surface area contributed by atoms with E-state index in [-0.39, 0.29) is 5.69 Å². The van der Waals surface area contributed by atoms with Crippen LogP contribution in [0.25, 0.3) is 0 Å². The minimum absolute atomic E-state index is 0.119. The fourth-order valence-electron chi connectivity index (χ4n) is 0.916. The van der Waals surface area contributed by atoms with Crippen LogP contribution in [0.15, 0.2) is 23.2 Å². The summed E-state index contributed by atoms with van der Waals surface area (Å²) in [5.74, 6) is 0. The van der Waals surface area contributed by atoms with Gasteiger partial charge in [0.2, 0.25) is 0 Å². The van der Waals surface area contributed by atoms with Crippen molar-refractivity contribution < 1.29 is 13.2 Å². The lowest BCUT2D eigenvalue weighted by atomic mass is 10.2. The van der Waals surface area contributed by atoms with Crippen LogP contribution in [0.1, 0.15) is 5.56 Å². The highest BCUT2D eigenvalue weighted by molar-refractivity contribution is 6.95. The van der Waals surface area contributed by atoms with Crippen molar-refractivity contribution in [3.05, 3.63) is 28.8 Å². The first-order chi connectivity index (χ1) is 6.82. The summed E-state index contributed by atoms with van der Waals surface area (Å²) < 4.78 is 36.7. The second kappa shape index (κ2) is 4.60. The molecule has 0 atom stereocenters. The van der Waals surface area contributed by atoms with E-state index < -0.39 is 21.4 Å². The normalized spacial score (nSPS) is 11.3. The molecule has 7 heteroatoms. The van der Waals surface area contributed by atoms with Gasteiger partial charge in [-0.1, -0.05) is 17.7 Å². The molecule has 0 amide bonds. The van der Waals surface area contributed by atoms with Crippen LogP contribution in [0.3, 0.4) is 0 Å². The third kappa shape index (κ3) is 3.26. The number of hydrogen-bond acceptors (Lipinski definition) is 1. The van der Waals surface area contributed by atoms with Gasteiger partial charge < -0.3 is 0 Å². The van der Waals surface area contributed by atoms with Crippen molar-refractivity contribution in [2.45, 2.75) is 6.18 Å². The molecule has 0 radical (unpaired) electrons. The Balaban J connectivity index is 3.30. The summed E-state index contributed by atoms with van der Waals surface area (Å²) in [6.07, 6.45) is -4.53. The van der Waals surface area contributed by atoms with Crippen molar-refractivity contribution >= 4 is 45.1 Å². The van der Waals surface area contributed by atoms with Crippen LogP contribution >= 0.6 is 34.8 Å². The first-order valence-corrected chi connectivity index (χ1v) is 4.71. The lowest BCUT2D eigenvalue weighted by molar-refractivity contribution is -0.137. The number of alkyl halides is 3. The van der Waals surface area contributed by atoms with Gasteiger partial charge in [0.25, 0.3) is 0 Å². The highest BCUT2D eigenvalue weighted by Gasteiger charge is 2.33. The van der Waals surface area contributed by atoms with Crippen molar-refractivity contribution in [2.24, 2.45) is 4.99 Å². The van der Waals surface area contributed by atoms with E-state index in [1.807, 2.05) is 0 Å². The molecule has 0 aliphatic carbocycles. The molecule has 0 aromatic heterocycles. The van der Waals surface area contributed by atoms with Crippen molar-refractivity contribution in [2.75, 3.05) is 0 Å². The van der Waals surface area contributed by atoms with E-state index in [2.05, 4.69) is 4.99 Å². The van der Waals surface area contributed by atoms with Crippen LogP contribution in [0, 0.1) is 0 Å². The first kappa shape index (κ1) is 12.6. The fourth-order valence-corrected chi connectivity index (χ4v) is 1.37. The average molecular weight is 276 g/mol. The van der Waals surface area contributed by atoms with E-state index in [0.29, 0.717) is 0 Å². The summed E-state index contributed by atoms with van der Waals surface area (Å²) in [4.78, 5) is 3.45. The van der Waals surface area contributed by atoms with Crippen molar-refractivity contribution in [1.29, 1.82) is 0 Å². The van der Waals surface area contributed by atoms with Gasteiger partial charge in [-0.15, -0.1) is 0 Å². The third-order valence-electron chi connectivity index (χ3n) is 1.49. The van der Waals surface area contributed by atoms with Gasteiger partial charge in [-0.2, -0.15) is 13.2 Å². The summed E-state index contributed by atoms with van der Waals surface area (Å²) in [6.45, 7) is 0.